The van der Waals surface area contributed by atoms with Crippen LogP contribution >= 0.6 is 0 Å². The number of amides is 1. The lowest BCUT2D eigenvalue weighted by molar-refractivity contribution is -0.123. The molecule has 41 heavy (non-hydrogen) atoms. The lowest BCUT2D eigenvalue weighted by Crippen LogP contribution is -2.25. The second-order valence-corrected chi connectivity index (χ2v) is 9.49. The normalized spacial score (nSPS) is 10.8. The van der Waals surface area contributed by atoms with Crippen LogP contribution in [0.4, 0.5) is 0 Å². The fourth-order valence-corrected chi connectivity index (χ4v) is 3.84. The van der Waals surface area contributed by atoms with E-state index in [0.717, 1.165) is 11.1 Å². The van der Waals surface area contributed by atoms with Crippen molar-refractivity contribution in [2.24, 2.45) is 5.10 Å². The summed E-state index contributed by atoms with van der Waals surface area (Å²) >= 11 is 0. The molecule has 4 aromatic carbocycles. The molecule has 0 saturated heterocycles. The summed E-state index contributed by atoms with van der Waals surface area (Å²) in [5, 5.41) is 4.00. The van der Waals surface area contributed by atoms with E-state index in [1.807, 2.05) is 25.1 Å². The third kappa shape index (κ3) is 8.12. The smallest absolute Gasteiger partial charge is 0.343 e. The first-order valence-corrected chi connectivity index (χ1v) is 13.0. The third-order valence-electron chi connectivity index (χ3n) is 5.96. The van der Waals surface area contributed by atoms with Gasteiger partial charge in [0.25, 0.3) is 5.91 Å². The van der Waals surface area contributed by atoms with Crippen molar-refractivity contribution in [1.29, 1.82) is 0 Å². The van der Waals surface area contributed by atoms with Gasteiger partial charge in [-0.15, -0.1) is 0 Å². The van der Waals surface area contributed by atoms with E-state index < -0.39 is 17.8 Å². The highest BCUT2D eigenvalue weighted by Crippen LogP contribution is 2.28. The molecular weight excluding hydrogens is 520 g/mol. The molecule has 4 rings (SSSR count). The number of benzene rings is 4. The SMILES string of the molecule is Cc1ccc(C(C)C)c(OCC(=O)N/N=C\c2ccc(OC(=O)c3ccccc3)cc2OC(=O)c2ccccc2)c1. The van der Waals surface area contributed by atoms with E-state index in [1.54, 1.807) is 66.7 Å². The minimum atomic E-state index is -0.608. The second-order valence-electron chi connectivity index (χ2n) is 9.49. The van der Waals surface area contributed by atoms with Gasteiger partial charge in [-0.3, -0.25) is 4.79 Å². The van der Waals surface area contributed by atoms with Gasteiger partial charge in [0.15, 0.2) is 6.61 Å². The van der Waals surface area contributed by atoms with Crippen molar-refractivity contribution >= 4 is 24.1 Å². The largest absolute Gasteiger partial charge is 0.483 e. The summed E-state index contributed by atoms with van der Waals surface area (Å²) in [6.45, 7) is 5.83. The fraction of sp³-hybridized carbons (Fsp3) is 0.152. The number of hydrazone groups is 1. The molecule has 8 nitrogen and oxygen atoms in total. The maximum Gasteiger partial charge on any atom is 0.343 e. The predicted octanol–water partition coefficient (Wildman–Crippen LogP) is 6.09. The van der Waals surface area contributed by atoms with Crippen LogP contribution in [0.25, 0.3) is 0 Å². The monoisotopic (exact) mass is 550 g/mol. The second kappa shape index (κ2) is 13.7. The van der Waals surface area contributed by atoms with Gasteiger partial charge in [-0.25, -0.2) is 15.0 Å². The molecule has 0 radical (unpaired) electrons. The Labute approximate surface area is 238 Å². The zero-order valence-electron chi connectivity index (χ0n) is 23.0. The molecule has 0 aliphatic rings. The van der Waals surface area contributed by atoms with E-state index in [4.69, 9.17) is 14.2 Å². The van der Waals surface area contributed by atoms with Crippen LogP contribution < -0.4 is 19.6 Å². The molecule has 0 atom stereocenters. The van der Waals surface area contributed by atoms with Gasteiger partial charge in [0, 0.05) is 11.6 Å². The van der Waals surface area contributed by atoms with Crippen molar-refractivity contribution in [3.63, 3.8) is 0 Å². The standard InChI is InChI=1S/C33H30N2O6/c1-22(2)28-17-14-23(3)18-30(28)39-21-31(36)35-34-20-26-15-16-27(40-32(37)24-10-6-4-7-11-24)19-29(26)41-33(38)25-12-8-5-9-13-25/h4-20,22H,21H2,1-3H3,(H,35,36)/b34-20-. The number of esters is 2. The molecule has 1 N–H and O–H groups in total. The molecule has 4 aromatic rings. The zero-order valence-corrected chi connectivity index (χ0v) is 23.0. The molecule has 208 valence electrons. The molecule has 0 saturated carbocycles. The Hall–Kier alpha value is -5.24. The van der Waals surface area contributed by atoms with Crippen LogP contribution in [-0.4, -0.2) is 30.7 Å². The molecule has 1 amide bonds. The highest BCUT2D eigenvalue weighted by atomic mass is 16.5. The number of nitrogens with zero attached hydrogens (tertiary/aromatic N) is 1. The molecule has 0 aliphatic carbocycles. The number of nitrogens with one attached hydrogen (secondary N) is 1. The summed E-state index contributed by atoms with van der Waals surface area (Å²) in [5.74, 6) is -0.490. The van der Waals surface area contributed by atoms with E-state index >= 15 is 0 Å². The van der Waals surface area contributed by atoms with Crippen LogP contribution in [0.15, 0.2) is 102 Å². The molecule has 8 heteroatoms. The summed E-state index contributed by atoms with van der Waals surface area (Å²) in [5.41, 5.74) is 5.54. The molecule has 0 heterocycles. The topological polar surface area (TPSA) is 103 Å². The third-order valence-corrected chi connectivity index (χ3v) is 5.96. The van der Waals surface area contributed by atoms with Gasteiger partial charge in [0.05, 0.1) is 17.3 Å². The van der Waals surface area contributed by atoms with Crippen molar-refractivity contribution in [2.45, 2.75) is 26.7 Å². The molecule has 0 unspecified atom stereocenters. The van der Waals surface area contributed by atoms with Crippen molar-refractivity contribution in [3.05, 3.63) is 125 Å². The Morgan fingerprint density at radius 1 is 0.780 bits per heavy atom. The first-order valence-electron chi connectivity index (χ1n) is 13.0. The predicted molar refractivity (Wildman–Crippen MR) is 156 cm³/mol. The quantitative estimate of drug-likeness (QED) is 0.111. The summed E-state index contributed by atoms with van der Waals surface area (Å²) in [4.78, 5) is 37.7. The van der Waals surface area contributed by atoms with E-state index in [0.29, 0.717) is 22.4 Å². The van der Waals surface area contributed by atoms with E-state index in [2.05, 4.69) is 24.4 Å². The Balaban J connectivity index is 1.47. The van der Waals surface area contributed by atoms with Gasteiger partial charge in [-0.05, 0) is 66.4 Å². The Bertz CT molecular complexity index is 1550. The van der Waals surface area contributed by atoms with Crippen LogP contribution in [0, 0.1) is 6.92 Å². The number of ether oxygens (including phenoxy) is 3. The van der Waals surface area contributed by atoms with Gasteiger partial charge in [-0.1, -0.05) is 62.4 Å². The Morgan fingerprint density at radius 3 is 2.05 bits per heavy atom. The summed E-state index contributed by atoms with van der Waals surface area (Å²) in [6.07, 6.45) is 1.33. The van der Waals surface area contributed by atoms with Crippen molar-refractivity contribution in [3.8, 4) is 17.2 Å². The first kappa shape index (κ1) is 28.8. The maximum atomic E-state index is 12.8. The van der Waals surface area contributed by atoms with Gasteiger partial charge in [-0.2, -0.15) is 5.10 Å². The molecular formula is C33H30N2O6. The van der Waals surface area contributed by atoms with E-state index in [9.17, 15) is 14.4 Å². The minimum absolute atomic E-state index is 0.0906. The van der Waals surface area contributed by atoms with Crippen LogP contribution in [0.2, 0.25) is 0 Å². The number of hydrogen-bond acceptors (Lipinski definition) is 7. The molecule has 0 aliphatic heterocycles. The van der Waals surface area contributed by atoms with Crippen molar-refractivity contribution < 1.29 is 28.6 Å². The van der Waals surface area contributed by atoms with Gasteiger partial charge in [0.1, 0.15) is 17.2 Å². The van der Waals surface area contributed by atoms with Crippen molar-refractivity contribution in [1.82, 2.24) is 5.43 Å². The number of carbonyl (C=O) groups is 3. The highest BCUT2D eigenvalue weighted by Gasteiger charge is 2.15. The van der Waals surface area contributed by atoms with Crippen LogP contribution in [-0.2, 0) is 4.79 Å². The van der Waals surface area contributed by atoms with Gasteiger partial charge < -0.3 is 14.2 Å². The Morgan fingerprint density at radius 2 is 1.41 bits per heavy atom. The number of aryl methyl sites for hydroxylation is 1. The molecule has 0 bridgehead atoms. The maximum absolute atomic E-state index is 12.8. The molecule has 0 spiro atoms. The van der Waals surface area contributed by atoms with Gasteiger partial charge in [0.2, 0.25) is 0 Å². The van der Waals surface area contributed by atoms with E-state index in [1.165, 1.54) is 18.3 Å². The average Bonchev–Trinajstić information content (AvgIpc) is 2.98. The Kier molecular flexibility index (Phi) is 9.62. The lowest BCUT2D eigenvalue weighted by atomic mass is 10.0. The van der Waals surface area contributed by atoms with Crippen LogP contribution in [0.5, 0.6) is 17.2 Å². The number of hydrogen-bond donors (Lipinski definition) is 1. The summed E-state index contributed by atoms with van der Waals surface area (Å²) < 4.78 is 16.8. The minimum Gasteiger partial charge on any atom is -0.483 e. The number of rotatable bonds is 10. The number of carbonyl (C=O) groups excluding carboxylic acids is 3. The fourth-order valence-electron chi connectivity index (χ4n) is 3.84. The summed E-state index contributed by atoms with van der Waals surface area (Å²) in [6, 6.07) is 27.4. The summed E-state index contributed by atoms with van der Waals surface area (Å²) in [7, 11) is 0. The van der Waals surface area contributed by atoms with Crippen molar-refractivity contribution in [2.75, 3.05) is 6.61 Å². The lowest BCUT2D eigenvalue weighted by Gasteiger charge is -2.14. The highest BCUT2D eigenvalue weighted by molar-refractivity contribution is 5.94. The molecule has 0 aromatic heterocycles. The van der Waals surface area contributed by atoms with Gasteiger partial charge >= 0.3 is 11.9 Å². The van der Waals surface area contributed by atoms with E-state index in [-0.39, 0.29) is 24.0 Å². The average molecular weight is 551 g/mol. The molecule has 0 fully saturated rings. The van der Waals surface area contributed by atoms with Crippen LogP contribution in [0.3, 0.4) is 0 Å². The van der Waals surface area contributed by atoms with Crippen LogP contribution in [0.1, 0.15) is 57.2 Å². The first-order chi connectivity index (χ1) is 19.8. The zero-order chi connectivity index (χ0) is 29.2.